The van der Waals surface area contributed by atoms with Gasteiger partial charge in [-0.1, -0.05) is 18.6 Å². The minimum Gasteiger partial charge on any atom is -0.336 e. The average Bonchev–Trinajstić information content (AvgIpc) is 2.46. The Morgan fingerprint density at radius 3 is 2.83 bits per heavy atom. The first-order chi connectivity index (χ1) is 5.70. The normalized spacial score (nSPS) is 26.8. The number of hydrogen-bond acceptors (Lipinski definition) is 1. The maximum atomic E-state index is 11.2. The van der Waals surface area contributed by atoms with Crippen LogP contribution in [0.4, 0.5) is 0 Å². The highest BCUT2D eigenvalue weighted by Gasteiger charge is 2.28. The van der Waals surface area contributed by atoms with Crippen LogP contribution in [0.1, 0.15) is 33.6 Å². The molecule has 1 aliphatic rings. The van der Waals surface area contributed by atoms with Gasteiger partial charge in [0.1, 0.15) is 0 Å². The summed E-state index contributed by atoms with van der Waals surface area (Å²) < 4.78 is 0. The van der Waals surface area contributed by atoms with Crippen LogP contribution in [0, 0.1) is 0 Å². The Hall–Kier alpha value is -0.790. The van der Waals surface area contributed by atoms with Crippen LogP contribution in [0.3, 0.4) is 0 Å². The van der Waals surface area contributed by atoms with Gasteiger partial charge >= 0.3 is 0 Å². The number of carbonyl (C=O) groups excluding carboxylic acids is 1. The second kappa shape index (κ2) is 3.74. The van der Waals surface area contributed by atoms with E-state index in [2.05, 4.69) is 19.9 Å². The van der Waals surface area contributed by atoms with Crippen LogP contribution in [0.15, 0.2) is 11.6 Å². The highest BCUT2D eigenvalue weighted by molar-refractivity contribution is 5.74. The molecular formula is C10H17NO. The molecule has 1 heterocycles. The largest absolute Gasteiger partial charge is 0.336 e. The molecule has 2 nitrogen and oxygen atoms in total. The third-order valence-corrected chi connectivity index (χ3v) is 2.61. The van der Waals surface area contributed by atoms with Crippen molar-refractivity contribution in [2.24, 2.45) is 0 Å². The first kappa shape index (κ1) is 9.30. The van der Waals surface area contributed by atoms with Crippen LogP contribution < -0.4 is 0 Å². The molecule has 0 aromatic rings. The highest BCUT2D eigenvalue weighted by Crippen LogP contribution is 2.25. The lowest BCUT2D eigenvalue weighted by Crippen LogP contribution is -2.33. The molecule has 1 atom stereocenters. The lowest BCUT2D eigenvalue weighted by molar-refractivity contribution is -0.129. The molecule has 0 bridgehead atoms. The molecule has 0 saturated carbocycles. The smallest absolute Gasteiger partial charge is 0.219 e. The lowest BCUT2D eigenvalue weighted by atomic mass is 10.1. The van der Waals surface area contributed by atoms with Crippen LogP contribution in [0.5, 0.6) is 0 Å². The highest BCUT2D eigenvalue weighted by atomic mass is 16.2. The zero-order valence-electron chi connectivity index (χ0n) is 8.13. The summed E-state index contributed by atoms with van der Waals surface area (Å²) in [7, 11) is 0. The summed E-state index contributed by atoms with van der Waals surface area (Å²) in [5.74, 6) is 0.207. The van der Waals surface area contributed by atoms with Gasteiger partial charge in [-0.05, 0) is 19.8 Å². The average molecular weight is 167 g/mol. The zero-order chi connectivity index (χ0) is 9.14. The summed E-state index contributed by atoms with van der Waals surface area (Å²) in [4.78, 5) is 13.1. The van der Waals surface area contributed by atoms with Crippen molar-refractivity contribution in [3.8, 4) is 0 Å². The van der Waals surface area contributed by atoms with E-state index < -0.39 is 0 Å². The van der Waals surface area contributed by atoms with E-state index in [0.717, 1.165) is 19.4 Å². The van der Waals surface area contributed by atoms with Gasteiger partial charge < -0.3 is 4.90 Å². The van der Waals surface area contributed by atoms with Gasteiger partial charge in [0.05, 0.1) is 6.04 Å². The van der Waals surface area contributed by atoms with Crippen LogP contribution in [-0.4, -0.2) is 23.4 Å². The van der Waals surface area contributed by atoms with E-state index in [-0.39, 0.29) is 5.91 Å². The number of nitrogens with zero attached hydrogens (tertiary/aromatic N) is 1. The number of allylic oxidation sites excluding steroid dienone is 1. The van der Waals surface area contributed by atoms with Crippen molar-refractivity contribution in [2.75, 3.05) is 6.54 Å². The predicted octanol–water partition coefficient (Wildman–Crippen LogP) is 1.96. The number of hydrogen-bond donors (Lipinski definition) is 0. The number of carbonyl (C=O) groups is 1. The molecule has 1 rings (SSSR count). The standard InChI is InChI=1S/C10H17NO/c1-4-9-6-7-11(8(3)12)10(9)5-2/h4,10H,5-7H2,1-3H3/b9-4-/t10-/m1/s1. The van der Waals surface area contributed by atoms with Crippen molar-refractivity contribution in [3.63, 3.8) is 0 Å². The van der Waals surface area contributed by atoms with Gasteiger partial charge in [-0.2, -0.15) is 0 Å². The Morgan fingerprint density at radius 1 is 1.75 bits per heavy atom. The lowest BCUT2D eigenvalue weighted by Gasteiger charge is -2.22. The molecule has 0 aromatic heterocycles. The van der Waals surface area contributed by atoms with E-state index in [9.17, 15) is 4.79 Å². The van der Waals surface area contributed by atoms with Crippen molar-refractivity contribution in [3.05, 3.63) is 11.6 Å². The molecule has 1 aliphatic heterocycles. The topological polar surface area (TPSA) is 20.3 Å². The van der Waals surface area contributed by atoms with E-state index in [1.165, 1.54) is 5.57 Å². The quantitative estimate of drug-likeness (QED) is 0.547. The molecule has 1 amide bonds. The molecule has 0 aliphatic carbocycles. The summed E-state index contributed by atoms with van der Waals surface area (Å²) in [6.07, 6.45) is 4.25. The minimum absolute atomic E-state index is 0.207. The van der Waals surface area contributed by atoms with Gasteiger partial charge in [-0.15, -0.1) is 0 Å². The van der Waals surface area contributed by atoms with Crippen molar-refractivity contribution < 1.29 is 4.79 Å². The number of amides is 1. The summed E-state index contributed by atoms with van der Waals surface area (Å²) in [6.45, 7) is 6.76. The molecule has 0 spiro atoms. The van der Waals surface area contributed by atoms with Gasteiger partial charge in [0, 0.05) is 13.5 Å². The molecule has 2 heteroatoms. The molecule has 12 heavy (non-hydrogen) atoms. The summed E-state index contributed by atoms with van der Waals surface area (Å²) in [6, 6.07) is 0.382. The van der Waals surface area contributed by atoms with E-state index >= 15 is 0 Å². The van der Waals surface area contributed by atoms with Crippen molar-refractivity contribution in [1.29, 1.82) is 0 Å². The molecule has 0 N–H and O–H groups in total. The second-order valence-electron chi connectivity index (χ2n) is 3.25. The Labute approximate surface area is 74.2 Å². The third-order valence-electron chi connectivity index (χ3n) is 2.61. The van der Waals surface area contributed by atoms with Crippen molar-refractivity contribution in [1.82, 2.24) is 4.90 Å². The summed E-state index contributed by atoms with van der Waals surface area (Å²) in [5, 5.41) is 0. The first-order valence-corrected chi connectivity index (χ1v) is 4.63. The van der Waals surface area contributed by atoms with Crippen LogP contribution in [-0.2, 0) is 4.79 Å². The van der Waals surface area contributed by atoms with Crippen molar-refractivity contribution in [2.45, 2.75) is 39.7 Å². The van der Waals surface area contributed by atoms with Crippen LogP contribution >= 0.6 is 0 Å². The summed E-state index contributed by atoms with van der Waals surface area (Å²) in [5.41, 5.74) is 1.42. The van der Waals surface area contributed by atoms with Gasteiger partial charge in [0.25, 0.3) is 0 Å². The number of likely N-dealkylation sites (tertiary alicyclic amines) is 1. The molecule has 1 fully saturated rings. The predicted molar refractivity (Wildman–Crippen MR) is 49.8 cm³/mol. The second-order valence-corrected chi connectivity index (χ2v) is 3.25. The molecule has 0 unspecified atom stereocenters. The third kappa shape index (κ3) is 1.52. The van der Waals surface area contributed by atoms with E-state index in [1.54, 1.807) is 6.92 Å². The van der Waals surface area contributed by atoms with Crippen molar-refractivity contribution >= 4 is 5.91 Å². The maximum absolute atomic E-state index is 11.2. The molecule has 1 saturated heterocycles. The van der Waals surface area contributed by atoms with E-state index in [0.29, 0.717) is 6.04 Å². The Kier molecular flexibility index (Phi) is 2.90. The first-order valence-electron chi connectivity index (χ1n) is 4.63. The Morgan fingerprint density at radius 2 is 2.42 bits per heavy atom. The minimum atomic E-state index is 0.207. The van der Waals surface area contributed by atoms with Gasteiger partial charge in [0.2, 0.25) is 5.91 Å². The Balaban J connectivity index is 2.76. The monoisotopic (exact) mass is 167 g/mol. The van der Waals surface area contributed by atoms with Crippen LogP contribution in [0.25, 0.3) is 0 Å². The fraction of sp³-hybridized carbons (Fsp3) is 0.700. The molecule has 0 aromatic carbocycles. The van der Waals surface area contributed by atoms with E-state index in [1.807, 2.05) is 4.90 Å². The SMILES string of the molecule is C/C=C1/CCN(C(C)=O)[C@@H]1CC. The van der Waals surface area contributed by atoms with Gasteiger partial charge in [0.15, 0.2) is 0 Å². The van der Waals surface area contributed by atoms with Gasteiger partial charge in [-0.25, -0.2) is 0 Å². The molecule has 68 valence electrons. The molecular weight excluding hydrogens is 150 g/mol. The van der Waals surface area contributed by atoms with Crippen LogP contribution in [0.2, 0.25) is 0 Å². The fourth-order valence-electron chi connectivity index (χ4n) is 1.97. The fourth-order valence-corrected chi connectivity index (χ4v) is 1.97. The molecule has 0 radical (unpaired) electrons. The van der Waals surface area contributed by atoms with Gasteiger partial charge in [-0.3, -0.25) is 4.79 Å². The number of rotatable bonds is 1. The maximum Gasteiger partial charge on any atom is 0.219 e. The Bertz CT molecular complexity index is 208. The summed E-state index contributed by atoms with van der Waals surface area (Å²) >= 11 is 0. The zero-order valence-corrected chi connectivity index (χ0v) is 8.13. The van der Waals surface area contributed by atoms with E-state index in [4.69, 9.17) is 0 Å².